The average Bonchev–Trinajstić information content (AvgIpc) is 2.97. The van der Waals surface area contributed by atoms with Gasteiger partial charge in [-0.15, -0.1) is 16.9 Å². The number of nitrogens with zero attached hydrogens (tertiary/aromatic N) is 3. The maximum absolute atomic E-state index is 4.62. The van der Waals surface area contributed by atoms with Gasteiger partial charge in [-0.25, -0.2) is 0 Å². The van der Waals surface area contributed by atoms with Gasteiger partial charge in [-0.05, 0) is 25.3 Å². The third-order valence-corrected chi connectivity index (χ3v) is 4.23. The van der Waals surface area contributed by atoms with E-state index in [1.807, 2.05) is 0 Å². The Balaban J connectivity index is 1.78. The van der Waals surface area contributed by atoms with Gasteiger partial charge in [0, 0.05) is 36.1 Å². The lowest BCUT2D eigenvalue weighted by molar-refractivity contribution is 0.480. The molecule has 0 bridgehead atoms. The van der Waals surface area contributed by atoms with Gasteiger partial charge >= 0.3 is 0 Å². The first-order valence-corrected chi connectivity index (χ1v) is 8.04. The lowest BCUT2D eigenvalue weighted by Gasteiger charge is -2.30. The van der Waals surface area contributed by atoms with Crippen molar-refractivity contribution in [3.05, 3.63) is 24.3 Å². The zero-order chi connectivity index (χ0) is 13.9. The monoisotopic (exact) mass is 289 g/mol. The van der Waals surface area contributed by atoms with Crippen molar-refractivity contribution in [2.75, 3.05) is 30.8 Å². The molecular formula is C14H19N5S. The molecule has 1 fully saturated rings. The topological polar surface area (TPSA) is 56.8 Å². The molecule has 0 amide bonds. The Labute approximate surface area is 123 Å². The van der Waals surface area contributed by atoms with Crippen LogP contribution in [0.5, 0.6) is 0 Å². The van der Waals surface area contributed by atoms with Crippen LogP contribution in [0.15, 0.2) is 29.2 Å². The summed E-state index contributed by atoms with van der Waals surface area (Å²) in [5.41, 5.74) is 1.07. The molecular weight excluding hydrogens is 270 g/mol. The van der Waals surface area contributed by atoms with Crippen LogP contribution in [0.4, 0.5) is 5.95 Å². The van der Waals surface area contributed by atoms with E-state index in [4.69, 9.17) is 0 Å². The summed E-state index contributed by atoms with van der Waals surface area (Å²) in [6.07, 6.45) is 2.08. The van der Waals surface area contributed by atoms with Crippen LogP contribution in [0.3, 0.4) is 0 Å². The number of piperazine rings is 1. The minimum atomic E-state index is 0.478. The highest BCUT2D eigenvalue weighted by Crippen LogP contribution is 2.22. The molecule has 0 saturated carbocycles. The van der Waals surface area contributed by atoms with E-state index in [0.29, 0.717) is 6.04 Å². The average molecular weight is 289 g/mol. The number of H-pyrrole nitrogens is 1. The second-order valence-corrected chi connectivity index (χ2v) is 5.89. The van der Waals surface area contributed by atoms with Gasteiger partial charge in [0.15, 0.2) is 5.82 Å². The lowest BCUT2D eigenvalue weighted by atomic mass is 10.2. The summed E-state index contributed by atoms with van der Waals surface area (Å²) in [6.45, 7) is 5.06. The van der Waals surface area contributed by atoms with Gasteiger partial charge in [-0.1, -0.05) is 12.1 Å². The van der Waals surface area contributed by atoms with E-state index in [2.05, 4.69) is 62.8 Å². The summed E-state index contributed by atoms with van der Waals surface area (Å²) in [5.74, 6) is 1.63. The number of aromatic amines is 1. The van der Waals surface area contributed by atoms with Gasteiger partial charge in [-0.2, -0.15) is 4.98 Å². The number of hydrogen-bond acceptors (Lipinski definition) is 5. The van der Waals surface area contributed by atoms with Crippen molar-refractivity contribution >= 4 is 17.7 Å². The van der Waals surface area contributed by atoms with E-state index >= 15 is 0 Å². The van der Waals surface area contributed by atoms with E-state index < -0.39 is 0 Å². The predicted molar refractivity (Wildman–Crippen MR) is 83.3 cm³/mol. The molecule has 2 aromatic rings. The van der Waals surface area contributed by atoms with Crippen LogP contribution >= 0.6 is 11.8 Å². The molecule has 0 aliphatic carbocycles. The van der Waals surface area contributed by atoms with Crippen LogP contribution < -0.4 is 10.2 Å². The number of aromatic nitrogens is 3. The highest BCUT2D eigenvalue weighted by Gasteiger charge is 2.19. The molecule has 0 unspecified atom stereocenters. The summed E-state index contributed by atoms with van der Waals surface area (Å²) >= 11 is 1.74. The largest absolute Gasteiger partial charge is 0.337 e. The van der Waals surface area contributed by atoms with Crippen LogP contribution in [0.1, 0.15) is 6.92 Å². The highest BCUT2D eigenvalue weighted by atomic mass is 32.2. The molecule has 1 saturated heterocycles. The van der Waals surface area contributed by atoms with E-state index in [9.17, 15) is 0 Å². The van der Waals surface area contributed by atoms with E-state index in [-0.39, 0.29) is 0 Å². The molecule has 1 aromatic carbocycles. The summed E-state index contributed by atoms with van der Waals surface area (Å²) in [5, 5.41) is 10.8. The predicted octanol–water partition coefficient (Wildman–Crippen LogP) is 1.99. The fourth-order valence-electron chi connectivity index (χ4n) is 2.39. The standard InChI is InChI=1S/C14H19N5S/c1-10-9-19(8-7-15-10)14-16-13(17-18-14)11-3-5-12(20-2)6-4-11/h3-6,10,15H,7-9H2,1-2H3,(H,16,17,18)/t10-/m1/s1. The molecule has 1 aliphatic rings. The Kier molecular flexibility index (Phi) is 3.93. The molecule has 106 valence electrons. The summed E-state index contributed by atoms with van der Waals surface area (Å²) in [6, 6.07) is 8.85. The Hall–Kier alpha value is -1.53. The zero-order valence-electron chi connectivity index (χ0n) is 11.8. The van der Waals surface area contributed by atoms with E-state index in [1.54, 1.807) is 11.8 Å². The van der Waals surface area contributed by atoms with Crippen molar-refractivity contribution in [2.45, 2.75) is 17.9 Å². The second-order valence-electron chi connectivity index (χ2n) is 5.01. The summed E-state index contributed by atoms with van der Waals surface area (Å²) in [4.78, 5) is 8.09. The zero-order valence-corrected chi connectivity index (χ0v) is 12.6. The van der Waals surface area contributed by atoms with Crippen molar-refractivity contribution < 1.29 is 0 Å². The molecule has 20 heavy (non-hydrogen) atoms. The van der Waals surface area contributed by atoms with Crippen molar-refractivity contribution in [2.24, 2.45) is 0 Å². The molecule has 2 heterocycles. The summed E-state index contributed by atoms with van der Waals surface area (Å²) in [7, 11) is 0. The number of hydrogen-bond donors (Lipinski definition) is 2. The smallest absolute Gasteiger partial charge is 0.245 e. The second kappa shape index (κ2) is 5.85. The van der Waals surface area contributed by atoms with Gasteiger partial charge in [0.05, 0.1) is 0 Å². The Morgan fingerprint density at radius 2 is 2.10 bits per heavy atom. The number of thioether (sulfide) groups is 1. The molecule has 5 nitrogen and oxygen atoms in total. The van der Waals surface area contributed by atoms with Crippen molar-refractivity contribution in [3.63, 3.8) is 0 Å². The first-order chi connectivity index (χ1) is 9.76. The molecule has 1 aliphatic heterocycles. The Morgan fingerprint density at radius 3 is 2.80 bits per heavy atom. The van der Waals surface area contributed by atoms with Gasteiger partial charge < -0.3 is 10.2 Å². The van der Waals surface area contributed by atoms with Gasteiger partial charge in [0.2, 0.25) is 5.95 Å². The number of benzene rings is 1. The number of anilines is 1. The normalized spacial score (nSPS) is 19.3. The minimum Gasteiger partial charge on any atom is -0.337 e. The molecule has 0 radical (unpaired) electrons. The van der Waals surface area contributed by atoms with Crippen LogP contribution in [0.2, 0.25) is 0 Å². The molecule has 3 rings (SSSR count). The molecule has 1 aromatic heterocycles. The number of rotatable bonds is 3. The number of nitrogens with one attached hydrogen (secondary N) is 2. The van der Waals surface area contributed by atoms with Crippen LogP contribution in [-0.4, -0.2) is 47.1 Å². The van der Waals surface area contributed by atoms with Crippen LogP contribution in [-0.2, 0) is 0 Å². The summed E-state index contributed by atoms with van der Waals surface area (Å²) < 4.78 is 0. The molecule has 1 atom stereocenters. The molecule has 2 N–H and O–H groups in total. The lowest BCUT2D eigenvalue weighted by Crippen LogP contribution is -2.49. The highest BCUT2D eigenvalue weighted by molar-refractivity contribution is 7.98. The van der Waals surface area contributed by atoms with Crippen LogP contribution in [0.25, 0.3) is 11.4 Å². The maximum atomic E-state index is 4.62. The first kappa shape index (κ1) is 13.5. The maximum Gasteiger partial charge on any atom is 0.245 e. The fourth-order valence-corrected chi connectivity index (χ4v) is 2.79. The van der Waals surface area contributed by atoms with Crippen molar-refractivity contribution in [1.82, 2.24) is 20.5 Å². The van der Waals surface area contributed by atoms with Gasteiger partial charge in [0.25, 0.3) is 0 Å². The third kappa shape index (κ3) is 2.81. The molecule has 6 heteroatoms. The Bertz CT molecular complexity index is 565. The van der Waals surface area contributed by atoms with Gasteiger partial charge in [0.1, 0.15) is 0 Å². The molecule has 0 spiro atoms. The first-order valence-electron chi connectivity index (χ1n) is 6.81. The van der Waals surface area contributed by atoms with Crippen molar-refractivity contribution in [3.8, 4) is 11.4 Å². The fraction of sp³-hybridized carbons (Fsp3) is 0.429. The Morgan fingerprint density at radius 1 is 1.30 bits per heavy atom. The van der Waals surface area contributed by atoms with Crippen molar-refractivity contribution in [1.29, 1.82) is 0 Å². The third-order valence-electron chi connectivity index (χ3n) is 3.49. The van der Waals surface area contributed by atoms with Gasteiger partial charge in [-0.3, -0.25) is 5.10 Å². The SMILES string of the molecule is CSc1ccc(-c2nc(N3CCN[C@H](C)C3)n[nH]2)cc1. The quantitative estimate of drug-likeness (QED) is 0.846. The minimum absolute atomic E-state index is 0.478. The van der Waals surface area contributed by atoms with E-state index in [0.717, 1.165) is 37.0 Å². The van der Waals surface area contributed by atoms with Crippen LogP contribution in [0, 0.1) is 0 Å². The van der Waals surface area contributed by atoms with E-state index in [1.165, 1.54) is 4.90 Å².